The van der Waals surface area contributed by atoms with E-state index in [0.717, 1.165) is 34.3 Å². The highest BCUT2D eigenvalue weighted by molar-refractivity contribution is 8.00. The van der Waals surface area contributed by atoms with Crippen molar-refractivity contribution in [1.82, 2.24) is 4.98 Å². The average molecular weight is 402 g/mol. The SMILES string of the molecule is COc1cccc2c3c(c(/C=C/c4ccccc4)nc12)C[C@H](C(Cl)Cl)S3. The predicted octanol–water partition coefficient (Wildman–Crippen LogP) is 6.23. The third-order valence-electron chi connectivity index (χ3n) is 4.47. The number of alkyl halides is 2. The minimum absolute atomic E-state index is 0.135. The van der Waals surface area contributed by atoms with E-state index < -0.39 is 4.84 Å². The molecule has 0 radical (unpaired) electrons. The number of pyridine rings is 1. The fourth-order valence-corrected chi connectivity index (χ4v) is 4.96. The third-order valence-corrected chi connectivity index (χ3v) is 6.82. The molecular formula is C21H17Cl2NOS. The van der Waals surface area contributed by atoms with E-state index in [1.165, 1.54) is 10.5 Å². The summed E-state index contributed by atoms with van der Waals surface area (Å²) in [5, 5.41) is 1.23. The number of nitrogens with zero attached hydrogens (tertiary/aromatic N) is 1. The molecule has 2 aromatic carbocycles. The normalized spacial score (nSPS) is 16.5. The summed E-state index contributed by atoms with van der Waals surface area (Å²) in [4.78, 5) is 5.70. The summed E-state index contributed by atoms with van der Waals surface area (Å²) in [5.41, 5.74) is 4.16. The molecule has 2 heterocycles. The zero-order chi connectivity index (χ0) is 18.1. The molecule has 26 heavy (non-hydrogen) atoms. The Labute approximate surface area is 167 Å². The van der Waals surface area contributed by atoms with Gasteiger partial charge in [-0.2, -0.15) is 0 Å². The molecule has 2 nitrogen and oxygen atoms in total. The quantitative estimate of drug-likeness (QED) is 0.483. The molecule has 0 amide bonds. The maximum Gasteiger partial charge on any atom is 0.145 e. The second kappa shape index (κ2) is 7.51. The van der Waals surface area contributed by atoms with Crippen LogP contribution in [0.2, 0.25) is 0 Å². The third kappa shape index (κ3) is 3.32. The van der Waals surface area contributed by atoms with E-state index in [0.29, 0.717) is 0 Å². The van der Waals surface area contributed by atoms with Crippen molar-refractivity contribution in [1.29, 1.82) is 0 Å². The van der Waals surface area contributed by atoms with Crippen molar-refractivity contribution < 1.29 is 4.74 Å². The molecule has 1 aromatic heterocycles. The van der Waals surface area contributed by atoms with Crippen molar-refractivity contribution >= 4 is 58.0 Å². The lowest BCUT2D eigenvalue weighted by Gasteiger charge is -2.11. The van der Waals surface area contributed by atoms with Gasteiger partial charge in [-0.15, -0.1) is 35.0 Å². The van der Waals surface area contributed by atoms with Gasteiger partial charge >= 0.3 is 0 Å². The molecule has 0 N–H and O–H groups in total. The molecular weight excluding hydrogens is 385 g/mol. The molecule has 0 saturated carbocycles. The molecule has 0 spiro atoms. The van der Waals surface area contributed by atoms with Gasteiger partial charge in [0.05, 0.1) is 12.8 Å². The molecule has 1 atom stereocenters. The first-order chi connectivity index (χ1) is 12.7. The minimum Gasteiger partial charge on any atom is -0.494 e. The number of rotatable bonds is 4. The Kier molecular flexibility index (Phi) is 5.12. The number of ether oxygens (including phenoxy) is 1. The van der Waals surface area contributed by atoms with Gasteiger partial charge < -0.3 is 4.74 Å². The molecule has 1 aliphatic heterocycles. The smallest absolute Gasteiger partial charge is 0.145 e. The summed E-state index contributed by atoms with van der Waals surface area (Å²) >= 11 is 14.1. The van der Waals surface area contributed by atoms with E-state index in [1.54, 1.807) is 18.9 Å². The molecule has 0 unspecified atom stereocenters. The van der Waals surface area contributed by atoms with Crippen LogP contribution >= 0.6 is 35.0 Å². The second-order valence-corrected chi connectivity index (χ2v) is 8.51. The Balaban J connectivity index is 1.87. The fraction of sp³-hybridized carbons (Fsp3) is 0.190. The molecule has 3 aromatic rings. The first-order valence-electron chi connectivity index (χ1n) is 8.35. The van der Waals surface area contributed by atoms with Crippen LogP contribution in [-0.4, -0.2) is 22.2 Å². The van der Waals surface area contributed by atoms with Crippen LogP contribution in [0.15, 0.2) is 53.4 Å². The van der Waals surface area contributed by atoms with E-state index in [-0.39, 0.29) is 5.25 Å². The Morgan fingerprint density at radius 1 is 1.12 bits per heavy atom. The van der Waals surface area contributed by atoms with Crippen LogP contribution in [0, 0.1) is 0 Å². The van der Waals surface area contributed by atoms with Crippen molar-refractivity contribution in [2.45, 2.75) is 21.4 Å². The highest BCUT2D eigenvalue weighted by Crippen LogP contribution is 2.46. The predicted molar refractivity (Wildman–Crippen MR) is 113 cm³/mol. The number of hydrogen-bond donors (Lipinski definition) is 0. The second-order valence-electron chi connectivity index (χ2n) is 6.10. The molecule has 132 valence electrons. The topological polar surface area (TPSA) is 22.1 Å². The van der Waals surface area contributed by atoms with E-state index >= 15 is 0 Å². The van der Waals surface area contributed by atoms with Gasteiger partial charge in [0.2, 0.25) is 0 Å². The highest BCUT2D eigenvalue weighted by atomic mass is 35.5. The number of methoxy groups -OCH3 is 1. The number of para-hydroxylation sites is 1. The molecule has 5 heteroatoms. The largest absolute Gasteiger partial charge is 0.494 e. The molecule has 0 aliphatic carbocycles. The van der Waals surface area contributed by atoms with Crippen LogP contribution < -0.4 is 4.74 Å². The Morgan fingerprint density at radius 3 is 2.65 bits per heavy atom. The minimum atomic E-state index is -0.418. The van der Waals surface area contributed by atoms with Crippen molar-refractivity contribution in [2.24, 2.45) is 0 Å². The van der Waals surface area contributed by atoms with E-state index in [4.69, 9.17) is 32.9 Å². The lowest BCUT2D eigenvalue weighted by atomic mass is 10.0. The van der Waals surface area contributed by atoms with E-state index in [9.17, 15) is 0 Å². The van der Waals surface area contributed by atoms with Gasteiger partial charge in [0.1, 0.15) is 16.1 Å². The maximum atomic E-state index is 6.19. The van der Waals surface area contributed by atoms with Crippen molar-refractivity contribution in [3.63, 3.8) is 0 Å². The molecule has 4 rings (SSSR count). The average Bonchev–Trinajstić information content (AvgIpc) is 3.12. The van der Waals surface area contributed by atoms with Crippen molar-refractivity contribution in [3.05, 3.63) is 65.4 Å². The Hall–Kier alpha value is -1.68. The zero-order valence-electron chi connectivity index (χ0n) is 14.2. The first-order valence-corrected chi connectivity index (χ1v) is 10.1. The van der Waals surface area contributed by atoms with Gasteiger partial charge in [-0.25, -0.2) is 4.98 Å². The summed E-state index contributed by atoms with van der Waals surface area (Å²) in [5.74, 6) is 0.775. The summed E-state index contributed by atoms with van der Waals surface area (Å²) in [6, 6.07) is 16.2. The molecule has 0 saturated heterocycles. The van der Waals surface area contributed by atoms with Gasteiger partial charge in [-0.3, -0.25) is 0 Å². The van der Waals surface area contributed by atoms with Crippen LogP contribution in [0.4, 0.5) is 0 Å². The molecule has 0 bridgehead atoms. The number of fused-ring (bicyclic) bond motifs is 3. The Morgan fingerprint density at radius 2 is 1.92 bits per heavy atom. The van der Waals surface area contributed by atoms with Crippen LogP contribution in [0.5, 0.6) is 5.75 Å². The van der Waals surface area contributed by atoms with Gasteiger partial charge in [0.15, 0.2) is 0 Å². The lowest BCUT2D eigenvalue weighted by molar-refractivity contribution is 0.419. The number of benzene rings is 2. The van der Waals surface area contributed by atoms with Gasteiger partial charge in [0.25, 0.3) is 0 Å². The highest BCUT2D eigenvalue weighted by Gasteiger charge is 2.31. The van der Waals surface area contributed by atoms with Crippen molar-refractivity contribution in [2.75, 3.05) is 7.11 Å². The van der Waals surface area contributed by atoms with Crippen LogP contribution in [-0.2, 0) is 6.42 Å². The summed E-state index contributed by atoms with van der Waals surface area (Å²) in [6.07, 6.45) is 4.97. The number of aromatic nitrogens is 1. The van der Waals surface area contributed by atoms with Crippen molar-refractivity contribution in [3.8, 4) is 5.75 Å². The van der Waals surface area contributed by atoms with E-state index in [1.807, 2.05) is 30.3 Å². The summed E-state index contributed by atoms with van der Waals surface area (Å²) in [6.45, 7) is 0. The molecule has 1 aliphatic rings. The summed E-state index contributed by atoms with van der Waals surface area (Å²) in [7, 11) is 1.67. The Bertz CT molecular complexity index is 973. The number of hydrogen-bond acceptors (Lipinski definition) is 3. The van der Waals surface area contributed by atoms with Gasteiger partial charge in [-0.05, 0) is 29.7 Å². The summed E-state index contributed by atoms with van der Waals surface area (Å²) < 4.78 is 5.53. The van der Waals surface area contributed by atoms with Crippen LogP contribution in [0.25, 0.3) is 23.1 Å². The fourth-order valence-electron chi connectivity index (χ4n) is 3.20. The monoisotopic (exact) mass is 401 g/mol. The maximum absolute atomic E-state index is 6.19. The van der Waals surface area contributed by atoms with Gasteiger partial charge in [0, 0.05) is 15.5 Å². The lowest BCUT2D eigenvalue weighted by Crippen LogP contribution is -2.10. The standard InChI is InChI=1S/C21H17Cl2NOS/c1-25-17-9-5-8-14-19(17)24-16(11-10-13-6-3-2-4-7-13)15-12-18(21(22)23)26-20(14)15/h2-11,18,21H,12H2,1H3/b11-10+/t18-/m1/s1. The van der Waals surface area contributed by atoms with Crippen LogP contribution in [0.3, 0.4) is 0 Å². The number of halogens is 2. The zero-order valence-corrected chi connectivity index (χ0v) is 16.5. The van der Waals surface area contributed by atoms with Crippen LogP contribution in [0.1, 0.15) is 16.8 Å². The number of thioether (sulfide) groups is 1. The van der Waals surface area contributed by atoms with Gasteiger partial charge in [-0.1, -0.05) is 48.5 Å². The first kappa shape index (κ1) is 17.7. The van der Waals surface area contributed by atoms with E-state index in [2.05, 4.69) is 30.4 Å². The molecule has 0 fully saturated rings.